The van der Waals surface area contributed by atoms with Crippen molar-refractivity contribution in [1.29, 1.82) is 0 Å². The fraction of sp³-hybridized carbons (Fsp3) is 0.125. The first-order chi connectivity index (χ1) is 16.3. The number of hydrogen-bond acceptors (Lipinski definition) is 6. The maximum Gasteiger partial charge on any atom is 0.336 e. The lowest BCUT2D eigenvalue weighted by molar-refractivity contribution is -0.384. The van der Waals surface area contributed by atoms with Crippen LogP contribution >= 0.6 is 0 Å². The van der Waals surface area contributed by atoms with Crippen molar-refractivity contribution in [3.8, 4) is 23.1 Å². The monoisotopic (exact) mass is 461 g/mol. The molecular formula is C24H20FN5O4. The van der Waals surface area contributed by atoms with Gasteiger partial charge in [-0.05, 0) is 56.3 Å². The van der Waals surface area contributed by atoms with Crippen molar-refractivity contribution < 1.29 is 18.8 Å². The van der Waals surface area contributed by atoms with Crippen LogP contribution in [0.15, 0.2) is 72.8 Å². The molecule has 1 aromatic heterocycles. The summed E-state index contributed by atoms with van der Waals surface area (Å²) in [6.07, 6.45) is -0.163. The molecule has 1 heterocycles. The zero-order chi connectivity index (χ0) is 24.2. The number of non-ortho nitro benzene ring substituents is 1. The molecule has 0 aliphatic heterocycles. The minimum atomic E-state index is -0.531. The first kappa shape index (κ1) is 22.6. The number of rotatable bonds is 7. The number of nitro benzene ring substituents is 1. The third-order valence-electron chi connectivity index (χ3n) is 4.70. The Morgan fingerprint density at radius 3 is 2.50 bits per heavy atom. The van der Waals surface area contributed by atoms with E-state index in [0.29, 0.717) is 22.8 Å². The summed E-state index contributed by atoms with van der Waals surface area (Å²) in [7, 11) is 0. The van der Waals surface area contributed by atoms with Crippen LogP contribution in [0.4, 0.5) is 15.8 Å². The highest BCUT2D eigenvalue weighted by atomic mass is 19.1. The summed E-state index contributed by atoms with van der Waals surface area (Å²) in [5, 5.41) is 18.0. The van der Waals surface area contributed by atoms with E-state index in [-0.39, 0.29) is 23.4 Å². The molecule has 34 heavy (non-hydrogen) atoms. The van der Waals surface area contributed by atoms with Crippen LogP contribution in [0.25, 0.3) is 17.1 Å². The minimum absolute atomic E-state index is 0.103. The van der Waals surface area contributed by atoms with Crippen LogP contribution in [-0.2, 0) is 0 Å². The predicted octanol–water partition coefficient (Wildman–Crippen LogP) is 5.02. The Kier molecular flexibility index (Phi) is 6.30. The van der Waals surface area contributed by atoms with Crippen LogP contribution in [0.3, 0.4) is 0 Å². The molecule has 9 nitrogen and oxygen atoms in total. The third-order valence-corrected chi connectivity index (χ3v) is 4.70. The molecule has 0 saturated heterocycles. The number of carbonyl (C=O) groups excluding carboxylic acids is 1. The molecule has 4 aromatic rings. The van der Waals surface area contributed by atoms with Crippen LogP contribution in [-0.4, -0.2) is 31.7 Å². The molecule has 0 bridgehead atoms. The summed E-state index contributed by atoms with van der Waals surface area (Å²) in [4.78, 5) is 27.3. The number of carbonyl (C=O) groups is 1. The lowest BCUT2D eigenvalue weighted by Crippen LogP contribution is -2.12. The Labute approximate surface area is 194 Å². The van der Waals surface area contributed by atoms with Gasteiger partial charge >= 0.3 is 6.01 Å². The molecule has 10 heteroatoms. The van der Waals surface area contributed by atoms with E-state index in [1.54, 1.807) is 36.4 Å². The Balaban J connectivity index is 1.66. The van der Waals surface area contributed by atoms with Gasteiger partial charge in [-0.2, -0.15) is 4.98 Å². The molecule has 0 aliphatic rings. The Morgan fingerprint density at radius 1 is 1.09 bits per heavy atom. The summed E-state index contributed by atoms with van der Waals surface area (Å²) in [5.74, 6) is -0.476. The van der Waals surface area contributed by atoms with Crippen molar-refractivity contribution in [2.75, 3.05) is 5.32 Å². The summed E-state index contributed by atoms with van der Waals surface area (Å²) in [6, 6.07) is 18.3. The van der Waals surface area contributed by atoms with Gasteiger partial charge in [-0.3, -0.25) is 14.9 Å². The number of ether oxygens (including phenoxy) is 1. The molecule has 0 spiro atoms. The normalized spacial score (nSPS) is 10.8. The van der Waals surface area contributed by atoms with Crippen LogP contribution < -0.4 is 10.1 Å². The first-order valence-electron chi connectivity index (χ1n) is 10.4. The number of benzene rings is 3. The van der Waals surface area contributed by atoms with Gasteiger partial charge in [-0.25, -0.2) is 9.07 Å². The van der Waals surface area contributed by atoms with E-state index in [2.05, 4.69) is 15.4 Å². The number of halogens is 1. The summed E-state index contributed by atoms with van der Waals surface area (Å²) in [6.45, 7) is 3.69. The predicted molar refractivity (Wildman–Crippen MR) is 124 cm³/mol. The molecule has 1 N–H and O–H groups in total. The van der Waals surface area contributed by atoms with Crippen molar-refractivity contribution in [3.63, 3.8) is 0 Å². The quantitative estimate of drug-likeness (QED) is 0.305. The highest BCUT2D eigenvalue weighted by Gasteiger charge is 2.17. The Bertz CT molecular complexity index is 1350. The number of amides is 1. The molecule has 3 aromatic carbocycles. The van der Waals surface area contributed by atoms with Crippen LogP contribution in [0.1, 0.15) is 24.2 Å². The van der Waals surface area contributed by atoms with Gasteiger partial charge in [0.1, 0.15) is 5.82 Å². The summed E-state index contributed by atoms with van der Waals surface area (Å²) >= 11 is 0. The number of aromatic nitrogens is 3. The van der Waals surface area contributed by atoms with Crippen molar-refractivity contribution in [2.45, 2.75) is 20.0 Å². The molecule has 172 valence electrons. The maximum absolute atomic E-state index is 13.9. The largest absolute Gasteiger partial charge is 0.460 e. The smallest absolute Gasteiger partial charge is 0.336 e. The first-order valence-corrected chi connectivity index (χ1v) is 10.4. The topological polar surface area (TPSA) is 112 Å². The molecule has 0 saturated carbocycles. The summed E-state index contributed by atoms with van der Waals surface area (Å²) in [5.41, 5.74) is 1.70. The lowest BCUT2D eigenvalue weighted by atomic mass is 10.2. The van der Waals surface area contributed by atoms with Crippen LogP contribution in [0, 0.1) is 15.9 Å². The molecule has 4 rings (SSSR count). The minimum Gasteiger partial charge on any atom is -0.460 e. The Morgan fingerprint density at radius 2 is 1.82 bits per heavy atom. The highest BCUT2D eigenvalue weighted by molar-refractivity contribution is 6.04. The number of anilines is 1. The Hall–Kier alpha value is -4.60. The molecule has 1 amide bonds. The average Bonchev–Trinajstić information content (AvgIpc) is 3.22. The van der Waals surface area contributed by atoms with Gasteiger partial charge in [0.15, 0.2) is 5.82 Å². The third kappa shape index (κ3) is 5.07. The van der Waals surface area contributed by atoms with Gasteiger partial charge in [0.05, 0.1) is 16.7 Å². The van der Waals surface area contributed by atoms with Gasteiger partial charge in [0.2, 0.25) is 0 Å². The van der Waals surface area contributed by atoms with E-state index in [4.69, 9.17) is 4.74 Å². The van der Waals surface area contributed by atoms with E-state index in [0.717, 1.165) is 0 Å². The molecular weight excluding hydrogens is 441 g/mol. The van der Waals surface area contributed by atoms with Crippen molar-refractivity contribution >= 4 is 17.3 Å². The van der Waals surface area contributed by atoms with E-state index in [1.165, 1.54) is 41.1 Å². The SMILES string of the molecule is CC(C)Oc1nc(-c2cccc(F)c2)n(-c2cccc(NC(=O)c3ccc([N+](=O)[O-])cc3)c2)n1. The van der Waals surface area contributed by atoms with Gasteiger partial charge in [-0.15, -0.1) is 5.10 Å². The number of nitro groups is 1. The average molecular weight is 461 g/mol. The number of hydrogen-bond donors (Lipinski definition) is 1. The number of nitrogens with one attached hydrogen (secondary N) is 1. The molecule has 0 fully saturated rings. The standard InChI is InChI=1S/C24H20FN5O4/c1-15(2)34-24-27-22(17-5-3-6-18(25)13-17)29(28-24)21-8-4-7-19(14-21)26-23(31)16-9-11-20(12-10-16)30(32)33/h3-15H,1-2H3,(H,26,31). The second kappa shape index (κ2) is 9.49. The lowest BCUT2D eigenvalue weighted by Gasteiger charge is -2.09. The molecule has 0 radical (unpaired) electrons. The van der Waals surface area contributed by atoms with Gasteiger partial charge in [0.25, 0.3) is 11.6 Å². The van der Waals surface area contributed by atoms with Gasteiger partial charge < -0.3 is 10.1 Å². The van der Waals surface area contributed by atoms with Crippen molar-refractivity contribution in [3.05, 3.63) is 94.3 Å². The second-order valence-corrected chi connectivity index (χ2v) is 7.62. The van der Waals surface area contributed by atoms with E-state index in [9.17, 15) is 19.3 Å². The maximum atomic E-state index is 13.9. The van der Waals surface area contributed by atoms with E-state index >= 15 is 0 Å². The zero-order valence-electron chi connectivity index (χ0n) is 18.3. The van der Waals surface area contributed by atoms with Crippen molar-refractivity contribution in [1.82, 2.24) is 14.8 Å². The molecule has 0 unspecified atom stereocenters. The fourth-order valence-electron chi connectivity index (χ4n) is 3.20. The van der Waals surface area contributed by atoms with Crippen molar-refractivity contribution in [2.24, 2.45) is 0 Å². The zero-order valence-corrected chi connectivity index (χ0v) is 18.3. The second-order valence-electron chi connectivity index (χ2n) is 7.62. The summed E-state index contributed by atoms with van der Waals surface area (Å²) < 4.78 is 21.0. The highest BCUT2D eigenvalue weighted by Crippen LogP contribution is 2.26. The molecule has 0 aliphatic carbocycles. The number of nitrogens with zero attached hydrogens (tertiary/aromatic N) is 4. The van der Waals surface area contributed by atoms with E-state index in [1.807, 2.05) is 13.8 Å². The van der Waals surface area contributed by atoms with Crippen LogP contribution in [0.2, 0.25) is 0 Å². The van der Waals surface area contributed by atoms with Crippen LogP contribution in [0.5, 0.6) is 6.01 Å². The van der Waals surface area contributed by atoms with E-state index < -0.39 is 16.6 Å². The fourth-order valence-corrected chi connectivity index (χ4v) is 3.20. The molecule has 0 atom stereocenters. The van der Waals surface area contributed by atoms with Gasteiger partial charge in [0, 0.05) is 28.9 Å². The van der Waals surface area contributed by atoms with Gasteiger partial charge in [-0.1, -0.05) is 18.2 Å².